The zero-order valence-electron chi connectivity index (χ0n) is 16.4. The summed E-state index contributed by atoms with van der Waals surface area (Å²) in [7, 11) is 1.74. The van der Waals surface area contributed by atoms with E-state index in [0.29, 0.717) is 23.2 Å². The number of benzene rings is 1. The minimum absolute atomic E-state index is 0. The van der Waals surface area contributed by atoms with Gasteiger partial charge in [0.1, 0.15) is 18.0 Å². The summed E-state index contributed by atoms with van der Waals surface area (Å²) in [5.41, 5.74) is 1.97. The van der Waals surface area contributed by atoms with Crippen LogP contribution in [0, 0.1) is 13.8 Å². The lowest BCUT2D eigenvalue weighted by Gasteiger charge is -2.14. The predicted octanol–water partition coefficient (Wildman–Crippen LogP) is 1.12. The number of pyridine rings is 1. The van der Waals surface area contributed by atoms with Crippen LogP contribution >= 0.6 is 0 Å². The van der Waals surface area contributed by atoms with Gasteiger partial charge in [-0.2, -0.15) is 5.10 Å². The van der Waals surface area contributed by atoms with Gasteiger partial charge in [-0.15, -0.1) is 0 Å². The second kappa shape index (κ2) is 10.3. The summed E-state index contributed by atoms with van der Waals surface area (Å²) in [5, 5.41) is 11.1. The van der Waals surface area contributed by atoms with Crippen LogP contribution in [0.5, 0.6) is 0 Å². The molecule has 160 valence electrons. The van der Waals surface area contributed by atoms with Crippen molar-refractivity contribution in [2.24, 2.45) is 7.05 Å². The number of nitrogens with zero attached hydrogens (tertiary/aromatic N) is 3. The third-order valence-electron chi connectivity index (χ3n) is 4.59. The van der Waals surface area contributed by atoms with Crippen molar-refractivity contribution in [1.82, 2.24) is 25.4 Å². The highest BCUT2D eigenvalue weighted by molar-refractivity contribution is 6.05. The van der Waals surface area contributed by atoms with Crippen molar-refractivity contribution in [2.45, 2.75) is 27.3 Å². The van der Waals surface area contributed by atoms with Crippen molar-refractivity contribution in [1.29, 1.82) is 0 Å². The number of carbonyl (C=O) groups excluding carboxylic acids is 3. The Morgan fingerprint density at radius 2 is 1.87 bits per heavy atom. The summed E-state index contributed by atoms with van der Waals surface area (Å²) in [4.78, 5) is 40.6. The van der Waals surface area contributed by atoms with Gasteiger partial charge < -0.3 is 20.9 Å². The highest BCUT2D eigenvalue weighted by atomic mass is 16.2. The highest BCUT2D eigenvalue weighted by Gasteiger charge is 2.21. The van der Waals surface area contributed by atoms with Crippen LogP contribution in [-0.4, -0.2) is 50.9 Å². The first-order valence-corrected chi connectivity index (χ1v) is 8.80. The molecule has 0 saturated carbocycles. The molecule has 3 aromatic rings. The van der Waals surface area contributed by atoms with Gasteiger partial charge in [0.2, 0.25) is 0 Å². The number of fused-ring (bicyclic) bond motifs is 1. The first-order chi connectivity index (χ1) is 13.4. The van der Waals surface area contributed by atoms with Crippen LogP contribution in [0.4, 0.5) is 0 Å². The van der Waals surface area contributed by atoms with Crippen molar-refractivity contribution < 1.29 is 19.9 Å². The van der Waals surface area contributed by atoms with Crippen LogP contribution in [0.2, 0.25) is 0 Å². The van der Waals surface area contributed by atoms with E-state index in [0.717, 1.165) is 10.8 Å². The molecule has 0 aliphatic heterocycles. The van der Waals surface area contributed by atoms with E-state index in [2.05, 4.69) is 20.7 Å². The Kier molecular flexibility index (Phi) is 8.36. The normalized spacial score (nSPS) is 11.0. The quantitative estimate of drug-likeness (QED) is 0.583. The minimum Gasteiger partial charge on any atom is -0.412 e. The molecule has 9 heteroatoms. The summed E-state index contributed by atoms with van der Waals surface area (Å²) < 4.78 is 1.61. The van der Waals surface area contributed by atoms with Crippen LogP contribution < -0.4 is 10.6 Å². The summed E-state index contributed by atoms with van der Waals surface area (Å²) in [6.07, 6.45) is 2.15. The number of hydrogen-bond donors (Lipinski definition) is 2. The zero-order valence-corrected chi connectivity index (χ0v) is 16.4. The number of aromatic nitrogens is 3. The van der Waals surface area contributed by atoms with E-state index in [4.69, 9.17) is 0 Å². The fourth-order valence-corrected chi connectivity index (χ4v) is 3.06. The van der Waals surface area contributed by atoms with Crippen molar-refractivity contribution >= 4 is 28.9 Å². The van der Waals surface area contributed by atoms with Crippen molar-refractivity contribution in [3.8, 4) is 0 Å². The molecule has 0 bridgehead atoms. The largest absolute Gasteiger partial charge is 0.412 e. The van der Waals surface area contributed by atoms with E-state index in [1.54, 1.807) is 31.8 Å². The van der Waals surface area contributed by atoms with Crippen molar-refractivity contribution in [3.63, 3.8) is 0 Å². The summed E-state index contributed by atoms with van der Waals surface area (Å²) in [6.45, 7) is 3.46. The summed E-state index contributed by atoms with van der Waals surface area (Å²) in [5.74, 6) is -0.815. The second-order valence-electron chi connectivity index (χ2n) is 6.48. The molecule has 1 atom stereocenters. The van der Waals surface area contributed by atoms with Gasteiger partial charge in [-0.1, -0.05) is 31.7 Å². The lowest BCUT2D eigenvalue weighted by Crippen LogP contribution is -2.45. The van der Waals surface area contributed by atoms with E-state index in [9.17, 15) is 14.4 Å². The fourth-order valence-electron chi connectivity index (χ4n) is 3.06. The molecule has 0 aliphatic carbocycles. The standard InChI is InChI=1S/C20H21N5O3.CH4.H2O/c1-12-17(13(2)25(3)24-12)19(27)23-15(11-26)10-22-20(28)18-16-7-5-4-6-14(16)8-9-21-18;;/h4-9,11,15H,10H2,1-3H3,(H,22,28)(H,23,27);1H4;1H2/t15-;;/m0../s1. The Morgan fingerprint density at radius 3 is 2.50 bits per heavy atom. The van der Waals surface area contributed by atoms with Crippen LogP contribution in [0.15, 0.2) is 36.5 Å². The second-order valence-corrected chi connectivity index (χ2v) is 6.48. The van der Waals surface area contributed by atoms with Crippen LogP contribution in [-0.2, 0) is 11.8 Å². The highest BCUT2D eigenvalue weighted by Crippen LogP contribution is 2.16. The van der Waals surface area contributed by atoms with Crippen LogP contribution in [0.25, 0.3) is 10.8 Å². The number of aldehydes is 1. The molecule has 9 nitrogen and oxygen atoms in total. The van der Waals surface area contributed by atoms with Crippen LogP contribution in [0.1, 0.15) is 39.7 Å². The SMILES string of the molecule is C.Cc1nn(C)c(C)c1C(=O)N[C@H](C=O)CNC(=O)c1nccc2ccccc12.O. The molecule has 30 heavy (non-hydrogen) atoms. The molecule has 0 aliphatic rings. The molecule has 0 radical (unpaired) electrons. The van der Waals surface area contributed by atoms with E-state index < -0.39 is 17.9 Å². The molecule has 0 spiro atoms. The van der Waals surface area contributed by atoms with E-state index in [-0.39, 0.29) is 25.1 Å². The first kappa shape index (κ1) is 24.4. The number of rotatable bonds is 6. The maximum absolute atomic E-state index is 12.5. The Labute approximate surface area is 174 Å². The van der Waals surface area contributed by atoms with E-state index in [1.807, 2.05) is 30.3 Å². The molecule has 2 heterocycles. The first-order valence-electron chi connectivity index (χ1n) is 8.80. The maximum Gasteiger partial charge on any atom is 0.270 e. The molecule has 3 rings (SSSR count). The number of aryl methyl sites for hydroxylation is 2. The van der Waals surface area contributed by atoms with Gasteiger partial charge in [0, 0.05) is 30.9 Å². The summed E-state index contributed by atoms with van der Waals surface area (Å²) in [6, 6.07) is 8.35. The molecule has 0 saturated heterocycles. The Hall–Kier alpha value is -3.59. The molecule has 0 fully saturated rings. The number of amides is 2. The number of hydrogen-bond acceptors (Lipinski definition) is 5. The predicted molar refractivity (Wildman–Crippen MR) is 114 cm³/mol. The Balaban J connectivity index is 0.00000225. The van der Waals surface area contributed by atoms with Gasteiger partial charge in [-0.3, -0.25) is 19.3 Å². The van der Waals surface area contributed by atoms with Crippen molar-refractivity contribution in [3.05, 3.63) is 59.2 Å². The molecule has 2 aromatic heterocycles. The smallest absolute Gasteiger partial charge is 0.270 e. The van der Waals surface area contributed by atoms with Gasteiger partial charge in [-0.25, -0.2) is 0 Å². The number of nitrogens with one attached hydrogen (secondary N) is 2. The Bertz CT molecular complexity index is 1060. The molecular formula is C21H27N5O4. The number of carbonyl (C=O) groups is 3. The van der Waals surface area contributed by atoms with Crippen LogP contribution in [0.3, 0.4) is 0 Å². The molecular weight excluding hydrogens is 386 g/mol. The third-order valence-corrected chi connectivity index (χ3v) is 4.59. The molecule has 2 amide bonds. The van der Waals surface area contributed by atoms with Gasteiger partial charge >= 0.3 is 0 Å². The summed E-state index contributed by atoms with van der Waals surface area (Å²) >= 11 is 0. The zero-order chi connectivity index (χ0) is 20.3. The molecule has 0 unspecified atom stereocenters. The molecule has 4 N–H and O–H groups in total. The lowest BCUT2D eigenvalue weighted by atomic mass is 10.1. The van der Waals surface area contributed by atoms with E-state index in [1.165, 1.54) is 0 Å². The van der Waals surface area contributed by atoms with Gasteiger partial charge in [-0.05, 0) is 25.3 Å². The van der Waals surface area contributed by atoms with Gasteiger partial charge in [0.05, 0.1) is 11.3 Å². The lowest BCUT2D eigenvalue weighted by molar-refractivity contribution is -0.109. The minimum atomic E-state index is -0.870. The van der Waals surface area contributed by atoms with Crippen molar-refractivity contribution in [2.75, 3.05) is 6.54 Å². The van der Waals surface area contributed by atoms with Gasteiger partial charge in [0.15, 0.2) is 0 Å². The maximum atomic E-state index is 12.5. The Morgan fingerprint density at radius 1 is 1.17 bits per heavy atom. The topological polar surface area (TPSA) is 137 Å². The average molecular weight is 413 g/mol. The molecule has 1 aromatic carbocycles. The van der Waals surface area contributed by atoms with Gasteiger partial charge in [0.25, 0.3) is 11.8 Å². The monoisotopic (exact) mass is 413 g/mol. The average Bonchev–Trinajstić information content (AvgIpc) is 2.95. The van der Waals surface area contributed by atoms with E-state index >= 15 is 0 Å². The third kappa shape index (κ3) is 4.87. The fraction of sp³-hybridized carbons (Fsp3) is 0.286.